The molecule has 16 atom stereocenters. The van der Waals surface area contributed by atoms with Gasteiger partial charge in [-0.05, 0) is 92.5 Å². The number of hydrogen-bond acceptors (Lipinski definition) is 24. The Morgan fingerprint density at radius 3 is 1.59 bits per heavy atom. The molecule has 29 N–H and O–H groups in total. The van der Waals surface area contributed by atoms with E-state index in [0.717, 1.165) is 56.2 Å². The van der Waals surface area contributed by atoms with Crippen molar-refractivity contribution < 1.29 is 115 Å². The van der Waals surface area contributed by atoms with E-state index in [1.807, 2.05) is 0 Å². The standard InChI is InChI=1S/C54H95N19O19S2.C2HF3O2/c1-22(2)18-32(46(84)64-25(5)53(91)92)67-44(82)30(13-11-17-61-54(59)60)65-45(83)31(14-15-36(57)77)66-51(89)39(27(7)75)71-41(79)23(3)62-48(86)34-20-93-94-21-35(69-43(81)29(56)12-9-10-16-55)49(87)68-33(19-37(58)78)47(85)73-38(26(6)74)50(88)63-24(4)42(80)72-40(28(8)76)52(90)70-34;3-2(4,5)1(6)7/h22-35,38-40,74-76H,9-21,55-56H2,1-8H3,(H2,57,77)(H2,58,78)(H,62,86)(H,63,88)(H,64,84)(H,65,83)(H,66,89)(H,67,82)(H,68,87)(H,69,81)(H,70,90)(H,71,79)(H,72,80)(H,73,85)(H,91,92)(H4,59,60,61);(H,6,7)/t23-,24-,25-,26+,27+,28+,29-,30-,31-,32-,33-,34-,35-,38-,39-,40-;/m0./s1. The molecular formula is C56H96F3N19O21S2. The summed E-state index contributed by atoms with van der Waals surface area (Å²) in [5, 5.41) is 76.7. The maximum atomic E-state index is 14.3. The number of rotatable bonds is 33. The topological polar surface area (TPSA) is 687 Å². The van der Waals surface area contributed by atoms with E-state index >= 15 is 0 Å². The van der Waals surface area contributed by atoms with Crippen LogP contribution in [0.3, 0.4) is 0 Å². The Balaban J connectivity index is 0.0000135. The number of carboxylic acid groups (broad SMARTS) is 2. The average molecular weight is 1490 g/mol. The van der Waals surface area contributed by atoms with Gasteiger partial charge in [-0.3, -0.25) is 76.9 Å². The first kappa shape index (κ1) is 92.1. The lowest BCUT2D eigenvalue weighted by atomic mass is 10.0. The Morgan fingerprint density at radius 2 is 1.10 bits per heavy atom. The van der Waals surface area contributed by atoms with Crippen molar-refractivity contribution in [2.75, 3.05) is 24.6 Å². The molecule has 1 saturated heterocycles. The van der Waals surface area contributed by atoms with Crippen molar-refractivity contribution in [3.63, 3.8) is 0 Å². The van der Waals surface area contributed by atoms with E-state index in [1.54, 1.807) is 13.8 Å². The fourth-order valence-corrected chi connectivity index (χ4v) is 10.8. The van der Waals surface area contributed by atoms with Gasteiger partial charge < -0.3 is 124 Å². The van der Waals surface area contributed by atoms with Crippen LogP contribution < -0.4 is 98.2 Å². The van der Waals surface area contributed by atoms with Gasteiger partial charge in [-0.2, -0.15) is 13.2 Å². The average Bonchev–Trinajstić information content (AvgIpc) is 0.866. The number of halogens is 3. The molecule has 45 heteroatoms. The molecule has 1 heterocycles. The van der Waals surface area contributed by atoms with Crippen molar-refractivity contribution in [1.82, 2.24) is 63.8 Å². The van der Waals surface area contributed by atoms with Crippen molar-refractivity contribution in [2.45, 2.75) is 216 Å². The zero-order chi connectivity index (χ0) is 77.9. The molecule has 1 fully saturated rings. The summed E-state index contributed by atoms with van der Waals surface area (Å²) in [6.45, 7) is 10.3. The number of amides is 14. The summed E-state index contributed by atoms with van der Waals surface area (Å²) < 4.78 is 31.7. The normalized spacial score (nSPS) is 21.0. The molecule has 0 radical (unpaired) electrons. The SMILES string of the molecule is CC(C)C[C@H](NC(=O)[C@H](CCCN=C(N)N)NC(=O)[C@H](CCC(N)=O)NC(=O)[C@@H](NC(=O)[C@H](C)NC(=O)[C@@H]1CSSC[C@H](NC(=O)[C@@H](N)CCCCN)C(=O)N[C@@H](CC(N)=O)C(=O)N[C@@H]([C@@H](C)O)C(=O)N[C@@H](C)C(=O)N[C@@H]([C@@H](C)O)C(=O)N1)[C@@H](C)O)C(=O)N[C@@H](C)C(=O)O.O=C(O)C(F)(F)F. The maximum Gasteiger partial charge on any atom is 0.490 e. The zero-order valence-electron chi connectivity index (χ0n) is 56.6. The van der Waals surface area contributed by atoms with Crippen LogP contribution in [-0.2, 0) is 76.7 Å². The lowest BCUT2D eigenvalue weighted by Crippen LogP contribution is -2.63. The summed E-state index contributed by atoms with van der Waals surface area (Å²) in [4.78, 5) is 214. The summed E-state index contributed by atoms with van der Waals surface area (Å²) in [5.74, 6) is -20.8. The minimum Gasteiger partial charge on any atom is -0.480 e. The van der Waals surface area contributed by atoms with Crippen molar-refractivity contribution >= 4 is 122 Å². The van der Waals surface area contributed by atoms with E-state index in [2.05, 4.69) is 68.8 Å². The van der Waals surface area contributed by atoms with Crippen LogP contribution in [0.1, 0.15) is 113 Å². The summed E-state index contributed by atoms with van der Waals surface area (Å²) in [7, 11) is 1.57. The number of unbranched alkanes of at least 4 members (excludes halogenated alkanes) is 1. The van der Waals surface area contributed by atoms with Crippen LogP contribution in [0.15, 0.2) is 4.99 Å². The van der Waals surface area contributed by atoms with Gasteiger partial charge in [0.1, 0.15) is 72.5 Å². The highest BCUT2D eigenvalue weighted by Crippen LogP contribution is 2.24. The van der Waals surface area contributed by atoms with E-state index in [0.29, 0.717) is 12.8 Å². The number of nitrogens with two attached hydrogens (primary N) is 6. The maximum absolute atomic E-state index is 14.3. The quantitative estimate of drug-likeness (QED) is 0.0126. The number of hydrogen-bond donors (Lipinski definition) is 23. The Bertz CT molecular complexity index is 2920. The van der Waals surface area contributed by atoms with Crippen LogP contribution >= 0.6 is 21.6 Å². The lowest BCUT2D eigenvalue weighted by Gasteiger charge is -2.29. The Kier molecular flexibility index (Phi) is 41.7. The molecule has 1 aliphatic rings. The highest BCUT2D eigenvalue weighted by molar-refractivity contribution is 8.76. The number of nitrogens with one attached hydrogen (secondary N) is 12. The Hall–Kier alpha value is -8.92. The van der Waals surface area contributed by atoms with Crippen LogP contribution in [0.25, 0.3) is 0 Å². The molecule has 0 aromatic carbocycles. The van der Waals surface area contributed by atoms with Crippen molar-refractivity contribution in [2.24, 2.45) is 45.3 Å². The number of carbonyl (C=O) groups excluding carboxylic acids is 14. The van der Waals surface area contributed by atoms with Crippen LogP contribution in [-0.4, -0.2) is 254 Å². The van der Waals surface area contributed by atoms with Gasteiger partial charge in [0.25, 0.3) is 0 Å². The second kappa shape index (κ2) is 45.8. The number of aliphatic carboxylic acids is 2. The minimum absolute atomic E-state index is 0.0103. The second-order valence-electron chi connectivity index (χ2n) is 23.6. The number of carboxylic acids is 2. The first-order valence-electron chi connectivity index (χ1n) is 31.3. The number of aliphatic hydroxyl groups is 3. The predicted molar refractivity (Wildman–Crippen MR) is 354 cm³/mol. The fourth-order valence-electron chi connectivity index (χ4n) is 8.45. The zero-order valence-corrected chi connectivity index (χ0v) is 58.3. The molecule has 0 unspecified atom stereocenters. The van der Waals surface area contributed by atoms with Gasteiger partial charge in [0.05, 0.1) is 30.8 Å². The van der Waals surface area contributed by atoms with Gasteiger partial charge in [0.15, 0.2) is 5.96 Å². The number of nitrogens with zero attached hydrogens (tertiary/aromatic N) is 1. The highest BCUT2D eigenvalue weighted by Gasteiger charge is 2.40. The van der Waals surface area contributed by atoms with E-state index in [4.69, 9.17) is 44.3 Å². The number of aliphatic hydroxyl groups excluding tert-OH is 3. The number of guanidine groups is 1. The molecule has 0 aromatic rings. The Morgan fingerprint density at radius 1 is 0.584 bits per heavy atom. The van der Waals surface area contributed by atoms with E-state index in [9.17, 15) is 106 Å². The molecule has 0 spiro atoms. The lowest BCUT2D eigenvalue weighted by molar-refractivity contribution is -0.192. The van der Waals surface area contributed by atoms with Crippen LogP contribution in [0.4, 0.5) is 13.2 Å². The van der Waals surface area contributed by atoms with Crippen molar-refractivity contribution in [3.8, 4) is 0 Å². The minimum atomic E-state index is -5.08. The third kappa shape index (κ3) is 36.3. The molecule has 0 bridgehead atoms. The van der Waals surface area contributed by atoms with E-state index in [1.165, 1.54) is 6.92 Å². The smallest absolute Gasteiger partial charge is 0.480 e. The molecule has 101 heavy (non-hydrogen) atoms. The number of alkyl halides is 3. The highest BCUT2D eigenvalue weighted by atomic mass is 33.1. The van der Waals surface area contributed by atoms with Crippen LogP contribution in [0, 0.1) is 5.92 Å². The molecule has 1 aliphatic heterocycles. The first-order valence-corrected chi connectivity index (χ1v) is 33.8. The summed E-state index contributed by atoms with van der Waals surface area (Å²) in [5.41, 5.74) is 33.4. The third-order valence-electron chi connectivity index (χ3n) is 14.1. The van der Waals surface area contributed by atoms with Gasteiger partial charge in [0.2, 0.25) is 82.7 Å². The molecule has 574 valence electrons. The molecule has 0 saturated carbocycles. The summed E-state index contributed by atoms with van der Waals surface area (Å²) in [6, 6.07) is -21.3. The van der Waals surface area contributed by atoms with Gasteiger partial charge in [-0.25, -0.2) is 4.79 Å². The number of primary amides is 2. The molecule has 14 amide bonds. The predicted octanol–water partition coefficient (Wildman–Crippen LogP) is -9.18. The van der Waals surface area contributed by atoms with Gasteiger partial charge in [0, 0.05) is 24.5 Å². The number of aliphatic imine (C=N–C) groups is 1. The summed E-state index contributed by atoms with van der Waals surface area (Å²) in [6.07, 6.45) is -11.4. The molecule has 0 aliphatic carbocycles. The molecular weight excluding hydrogens is 1400 g/mol. The third-order valence-corrected chi connectivity index (χ3v) is 16.5. The van der Waals surface area contributed by atoms with E-state index in [-0.39, 0.29) is 50.7 Å². The fraction of sp³-hybridized carbons (Fsp3) is 0.696. The number of carbonyl (C=O) groups is 16. The van der Waals surface area contributed by atoms with Crippen LogP contribution in [0.5, 0.6) is 0 Å². The van der Waals surface area contributed by atoms with Gasteiger partial charge >= 0.3 is 18.1 Å². The molecule has 40 nitrogen and oxygen atoms in total. The second-order valence-corrected chi connectivity index (χ2v) is 26.1. The summed E-state index contributed by atoms with van der Waals surface area (Å²) >= 11 is 0. The largest absolute Gasteiger partial charge is 0.490 e. The van der Waals surface area contributed by atoms with Crippen molar-refractivity contribution in [1.29, 1.82) is 0 Å². The molecule has 0 aromatic heterocycles. The Labute approximate surface area is 585 Å². The van der Waals surface area contributed by atoms with Gasteiger partial charge in [-0.15, -0.1) is 0 Å². The molecule has 1 rings (SSSR count). The monoisotopic (exact) mass is 1490 g/mol. The first-order chi connectivity index (χ1) is 46.7. The van der Waals surface area contributed by atoms with Gasteiger partial charge in [-0.1, -0.05) is 41.9 Å². The van der Waals surface area contributed by atoms with E-state index < -0.39 is 228 Å². The van der Waals surface area contributed by atoms with Crippen LogP contribution in [0.2, 0.25) is 0 Å². The van der Waals surface area contributed by atoms with Crippen molar-refractivity contribution in [3.05, 3.63) is 0 Å².